The Morgan fingerprint density at radius 1 is 1.28 bits per heavy atom. The summed E-state index contributed by atoms with van der Waals surface area (Å²) < 4.78 is 5.47. The highest BCUT2D eigenvalue weighted by Gasteiger charge is 2.33. The van der Waals surface area contributed by atoms with Gasteiger partial charge in [0.25, 0.3) is 5.91 Å². The quantitative estimate of drug-likeness (QED) is 0.926. The van der Waals surface area contributed by atoms with Crippen molar-refractivity contribution in [3.05, 3.63) is 41.0 Å². The maximum atomic E-state index is 13.2. The number of carbonyl (C=O) groups excluding carboxylic acids is 1. The van der Waals surface area contributed by atoms with E-state index in [2.05, 4.69) is 15.2 Å². The number of carbonyl (C=O) groups is 1. The molecule has 2 aliphatic rings. The fraction of sp³-hybridized carbons (Fsp3) is 0.526. The van der Waals surface area contributed by atoms with Gasteiger partial charge in [-0.3, -0.25) is 9.89 Å². The van der Waals surface area contributed by atoms with E-state index in [0.29, 0.717) is 5.92 Å². The van der Waals surface area contributed by atoms with Gasteiger partial charge in [0.15, 0.2) is 5.82 Å². The lowest BCUT2D eigenvalue weighted by Crippen LogP contribution is -2.39. The highest BCUT2D eigenvalue weighted by atomic mass is 16.5. The number of nitrogens with zero attached hydrogens (tertiary/aromatic N) is 3. The van der Waals surface area contributed by atoms with E-state index in [4.69, 9.17) is 4.74 Å². The number of ether oxygens (including phenoxy) is 1. The average Bonchev–Trinajstić information content (AvgIpc) is 3.41. The molecule has 0 radical (unpaired) electrons. The Labute approximate surface area is 147 Å². The van der Waals surface area contributed by atoms with Crippen LogP contribution in [-0.4, -0.2) is 39.6 Å². The van der Waals surface area contributed by atoms with Crippen LogP contribution in [-0.2, 0) is 0 Å². The molecule has 4 rings (SSSR count). The fourth-order valence-corrected chi connectivity index (χ4v) is 3.70. The Hall–Kier alpha value is -2.37. The number of methoxy groups -OCH3 is 1. The van der Waals surface area contributed by atoms with Crippen molar-refractivity contribution in [1.82, 2.24) is 20.1 Å². The number of hydrogen-bond acceptors (Lipinski definition) is 4. The molecular formula is C19H24N4O2. The van der Waals surface area contributed by atoms with Crippen LogP contribution in [0.5, 0.6) is 5.75 Å². The molecule has 1 aliphatic carbocycles. The van der Waals surface area contributed by atoms with Crippen LogP contribution in [0.4, 0.5) is 0 Å². The molecule has 6 nitrogen and oxygen atoms in total. The molecule has 1 aromatic carbocycles. The van der Waals surface area contributed by atoms with Gasteiger partial charge < -0.3 is 9.64 Å². The molecule has 1 aliphatic heterocycles. The van der Waals surface area contributed by atoms with E-state index in [1.54, 1.807) is 7.11 Å². The second kappa shape index (κ2) is 6.50. The SMILES string of the molecule is COc1ccc(C(=O)N2CCCC[C@@H]2c2n[nH]c(C)n2)cc1C1CC1. The molecule has 1 amide bonds. The Balaban J connectivity index is 1.63. The van der Waals surface area contributed by atoms with Gasteiger partial charge in [-0.1, -0.05) is 0 Å². The smallest absolute Gasteiger partial charge is 0.254 e. The first-order valence-electron chi connectivity index (χ1n) is 9.05. The van der Waals surface area contributed by atoms with Crippen molar-refractivity contribution < 1.29 is 9.53 Å². The minimum absolute atomic E-state index is 0.0438. The lowest BCUT2D eigenvalue weighted by molar-refractivity contribution is 0.0600. The summed E-state index contributed by atoms with van der Waals surface area (Å²) in [5.41, 5.74) is 1.90. The van der Waals surface area contributed by atoms with E-state index in [1.807, 2.05) is 30.0 Å². The zero-order chi connectivity index (χ0) is 17.4. The normalized spacial score (nSPS) is 20.6. The summed E-state index contributed by atoms with van der Waals surface area (Å²) in [4.78, 5) is 19.6. The predicted octanol–water partition coefficient (Wildman–Crippen LogP) is 3.37. The zero-order valence-corrected chi connectivity index (χ0v) is 14.8. The summed E-state index contributed by atoms with van der Waals surface area (Å²) in [5, 5.41) is 7.20. The predicted molar refractivity (Wildman–Crippen MR) is 93.7 cm³/mol. The van der Waals surface area contributed by atoms with Crippen molar-refractivity contribution in [2.24, 2.45) is 0 Å². The second-order valence-corrected chi connectivity index (χ2v) is 7.02. The van der Waals surface area contributed by atoms with Gasteiger partial charge >= 0.3 is 0 Å². The van der Waals surface area contributed by atoms with Crippen molar-refractivity contribution in [3.8, 4) is 5.75 Å². The first-order chi connectivity index (χ1) is 12.2. The van der Waals surface area contributed by atoms with Gasteiger partial charge in [-0.25, -0.2) is 4.98 Å². The molecule has 132 valence electrons. The van der Waals surface area contributed by atoms with Crippen molar-refractivity contribution in [3.63, 3.8) is 0 Å². The standard InChI is InChI=1S/C19H24N4O2/c1-12-20-18(22-21-12)16-5-3-4-10-23(16)19(24)14-8-9-17(25-2)15(11-14)13-6-7-13/h8-9,11,13,16H,3-7,10H2,1-2H3,(H,20,21,22)/t16-/m1/s1. The highest BCUT2D eigenvalue weighted by Crippen LogP contribution is 2.44. The number of aromatic nitrogens is 3. The van der Waals surface area contributed by atoms with Gasteiger partial charge in [0, 0.05) is 12.1 Å². The zero-order valence-electron chi connectivity index (χ0n) is 14.8. The number of hydrogen-bond donors (Lipinski definition) is 1. The van der Waals surface area contributed by atoms with E-state index in [1.165, 1.54) is 12.8 Å². The lowest BCUT2D eigenvalue weighted by atomic mass is 9.99. The Morgan fingerprint density at radius 2 is 2.12 bits per heavy atom. The van der Waals surface area contributed by atoms with Crippen molar-refractivity contribution in [1.29, 1.82) is 0 Å². The first-order valence-corrected chi connectivity index (χ1v) is 9.05. The lowest BCUT2D eigenvalue weighted by Gasteiger charge is -2.34. The molecule has 2 aromatic rings. The van der Waals surface area contributed by atoms with Gasteiger partial charge in [0.1, 0.15) is 11.6 Å². The number of H-pyrrole nitrogens is 1. The van der Waals surface area contributed by atoms with Crippen LogP contribution < -0.4 is 4.74 Å². The molecule has 1 saturated heterocycles. The van der Waals surface area contributed by atoms with Crippen LogP contribution in [0.1, 0.15) is 71.6 Å². The number of aromatic amines is 1. The third kappa shape index (κ3) is 3.13. The Morgan fingerprint density at radius 3 is 2.80 bits per heavy atom. The van der Waals surface area contributed by atoms with Gasteiger partial charge in [0.2, 0.25) is 0 Å². The summed E-state index contributed by atoms with van der Waals surface area (Å²) in [7, 11) is 1.69. The Kier molecular flexibility index (Phi) is 4.19. The molecule has 1 aromatic heterocycles. The molecule has 1 N–H and O–H groups in total. The van der Waals surface area contributed by atoms with E-state index in [9.17, 15) is 4.79 Å². The van der Waals surface area contributed by atoms with Crippen molar-refractivity contribution >= 4 is 5.91 Å². The fourth-order valence-electron chi connectivity index (χ4n) is 3.70. The van der Waals surface area contributed by atoms with Crippen LogP contribution in [0.15, 0.2) is 18.2 Å². The molecule has 2 heterocycles. The largest absolute Gasteiger partial charge is 0.496 e. The number of amides is 1. The number of rotatable bonds is 4. The monoisotopic (exact) mass is 340 g/mol. The minimum atomic E-state index is -0.0438. The van der Waals surface area contributed by atoms with Crippen molar-refractivity contribution in [2.75, 3.05) is 13.7 Å². The van der Waals surface area contributed by atoms with E-state index >= 15 is 0 Å². The van der Waals surface area contributed by atoms with Gasteiger partial charge in [-0.15, -0.1) is 0 Å². The van der Waals surface area contributed by atoms with E-state index in [-0.39, 0.29) is 11.9 Å². The molecule has 25 heavy (non-hydrogen) atoms. The number of nitrogens with one attached hydrogen (secondary N) is 1. The molecule has 2 fully saturated rings. The van der Waals surface area contributed by atoms with E-state index < -0.39 is 0 Å². The van der Waals surface area contributed by atoms with Crippen LogP contribution in [0.2, 0.25) is 0 Å². The van der Waals surface area contributed by atoms with Crippen LogP contribution in [0.25, 0.3) is 0 Å². The third-order valence-electron chi connectivity index (χ3n) is 5.17. The summed E-state index contributed by atoms with van der Waals surface area (Å²) in [6.07, 6.45) is 5.39. The summed E-state index contributed by atoms with van der Waals surface area (Å²) in [5.74, 6) is 3.00. The first kappa shape index (κ1) is 16.1. The molecule has 0 unspecified atom stereocenters. The molecule has 1 saturated carbocycles. The van der Waals surface area contributed by atoms with Crippen LogP contribution in [0.3, 0.4) is 0 Å². The third-order valence-corrected chi connectivity index (χ3v) is 5.17. The van der Waals surface area contributed by atoms with Gasteiger partial charge in [-0.05, 0) is 68.7 Å². The number of aryl methyl sites for hydroxylation is 1. The average molecular weight is 340 g/mol. The highest BCUT2D eigenvalue weighted by molar-refractivity contribution is 5.95. The van der Waals surface area contributed by atoms with E-state index in [0.717, 1.165) is 54.3 Å². The Bertz CT molecular complexity index is 781. The summed E-state index contributed by atoms with van der Waals surface area (Å²) >= 11 is 0. The van der Waals surface area contributed by atoms with Crippen molar-refractivity contribution in [2.45, 2.75) is 51.0 Å². The molecule has 6 heteroatoms. The van der Waals surface area contributed by atoms with Crippen LogP contribution in [0, 0.1) is 6.92 Å². The summed E-state index contributed by atoms with van der Waals surface area (Å²) in [6, 6.07) is 5.78. The molecule has 0 spiro atoms. The molecule has 0 bridgehead atoms. The van der Waals surface area contributed by atoms with Gasteiger partial charge in [-0.2, -0.15) is 5.10 Å². The number of benzene rings is 1. The number of piperidine rings is 1. The maximum absolute atomic E-state index is 13.2. The van der Waals surface area contributed by atoms with Crippen LogP contribution >= 0.6 is 0 Å². The minimum Gasteiger partial charge on any atom is -0.496 e. The topological polar surface area (TPSA) is 71.1 Å². The second-order valence-electron chi connectivity index (χ2n) is 7.02. The molecule has 1 atom stereocenters. The van der Waals surface area contributed by atoms with Gasteiger partial charge in [0.05, 0.1) is 13.2 Å². The summed E-state index contributed by atoms with van der Waals surface area (Å²) in [6.45, 7) is 2.64. The maximum Gasteiger partial charge on any atom is 0.254 e. The molecular weight excluding hydrogens is 316 g/mol. The number of likely N-dealkylation sites (tertiary alicyclic amines) is 1.